The van der Waals surface area contributed by atoms with Gasteiger partial charge < -0.3 is 30.3 Å². The molecular formula is C25H26O9. The van der Waals surface area contributed by atoms with Crippen molar-refractivity contribution in [3.8, 4) is 5.75 Å². The third-order valence-corrected chi connectivity index (χ3v) is 7.52. The number of ketones is 3. The van der Waals surface area contributed by atoms with Crippen molar-refractivity contribution in [3.05, 3.63) is 52.1 Å². The number of aliphatic hydroxyl groups excluding tert-OH is 1. The minimum atomic E-state index is -2.71. The van der Waals surface area contributed by atoms with Gasteiger partial charge in [0.1, 0.15) is 11.4 Å². The van der Waals surface area contributed by atoms with Crippen LogP contribution >= 0.6 is 0 Å². The number of carbonyl (C=O) groups is 3. The number of ether oxygens (including phenoxy) is 1. The molecule has 1 saturated heterocycles. The fourth-order valence-electron chi connectivity index (χ4n) is 5.76. The van der Waals surface area contributed by atoms with Crippen molar-refractivity contribution in [1.29, 1.82) is 0 Å². The molecule has 1 aromatic rings. The molecule has 9 nitrogen and oxygen atoms in total. The maximum Gasteiger partial charge on any atom is 0.198 e. The fourth-order valence-corrected chi connectivity index (χ4v) is 5.76. The zero-order valence-corrected chi connectivity index (χ0v) is 18.7. The zero-order chi connectivity index (χ0) is 24.8. The second-order valence-corrected chi connectivity index (χ2v) is 10.1. The van der Waals surface area contributed by atoms with Gasteiger partial charge in [-0.3, -0.25) is 14.4 Å². The van der Waals surface area contributed by atoms with Gasteiger partial charge in [-0.1, -0.05) is 12.1 Å². The van der Waals surface area contributed by atoms with Gasteiger partial charge in [0.05, 0.1) is 35.0 Å². The number of phenols is 1. The van der Waals surface area contributed by atoms with Crippen LogP contribution in [0.3, 0.4) is 0 Å². The normalized spacial score (nSPS) is 39.6. The third-order valence-electron chi connectivity index (χ3n) is 7.52. The molecule has 6 unspecified atom stereocenters. The van der Waals surface area contributed by atoms with E-state index in [9.17, 15) is 39.9 Å². The standard InChI is InChI=1S/C25H26O9/c1-11-15(26)5-6-16(34-11)12-3-4-13-18(20(12)28)21(29)14-7-8-24(32)10-23(2,31)9-17(27)25(24,33)19(14)22(13)30/h3-4,7-8,11,15-16,26,28,31-33H,5-6,9-10H2,1-2H3. The molecule has 9 heteroatoms. The second kappa shape index (κ2) is 7.16. The molecule has 4 aliphatic rings. The first kappa shape index (κ1) is 23.1. The Bertz CT molecular complexity index is 1210. The highest BCUT2D eigenvalue weighted by atomic mass is 16.5. The summed E-state index contributed by atoms with van der Waals surface area (Å²) in [6, 6.07) is 2.78. The summed E-state index contributed by atoms with van der Waals surface area (Å²) in [6.07, 6.45) is 0.386. The van der Waals surface area contributed by atoms with Crippen LogP contribution in [-0.4, -0.2) is 71.9 Å². The molecule has 0 spiro atoms. The number of carbonyl (C=O) groups excluding carboxylic acids is 3. The van der Waals surface area contributed by atoms with Crippen LogP contribution in [0.5, 0.6) is 5.75 Å². The zero-order valence-electron chi connectivity index (χ0n) is 18.7. The maximum absolute atomic E-state index is 13.5. The minimum absolute atomic E-state index is 0.204. The van der Waals surface area contributed by atoms with E-state index in [1.807, 2.05) is 0 Å². The van der Waals surface area contributed by atoms with Crippen molar-refractivity contribution in [3.63, 3.8) is 0 Å². The fraction of sp³-hybridized carbons (Fsp3) is 0.480. The van der Waals surface area contributed by atoms with Crippen molar-refractivity contribution in [1.82, 2.24) is 0 Å². The Labute approximate surface area is 195 Å². The highest BCUT2D eigenvalue weighted by molar-refractivity contribution is 6.31. The van der Waals surface area contributed by atoms with Gasteiger partial charge in [-0.05, 0) is 38.8 Å². The smallest absolute Gasteiger partial charge is 0.198 e. The van der Waals surface area contributed by atoms with Crippen LogP contribution in [-0.2, 0) is 9.53 Å². The van der Waals surface area contributed by atoms with E-state index in [4.69, 9.17) is 4.74 Å². The van der Waals surface area contributed by atoms with Crippen molar-refractivity contribution in [2.75, 3.05) is 0 Å². The summed E-state index contributed by atoms with van der Waals surface area (Å²) in [4.78, 5) is 40.0. The number of hydrogen-bond acceptors (Lipinski definition) is 9. The van der Waals surface area contributed by atoms with Crippen LogP contribution < -0.4 is 0 Å². The summed E-state index contributed by atoms with van der Waals surface area (Å²) < 4.78 is 5.79. The average molecular weight is 470 g/mol. The number of allylic oxidation sites excluding steroid dienone is 2. The van der Waals surface area contributed by atoms with E-state index >= 15 is 0 Å². The average Bonchev–Trinajstić information content (AvgIpc) is 2.74. The first-order chi connectivity index (χ1) is 15.8. The van der Waals surface area contributed by atoms with E-state index in [-0.39, 0.29) is 16.7 Å². The summed E-state index contributed by atoms with van der Waals surface area (Å²) in [5.74, 6) is -3.04. The molecule has 6 atom stereocenters. The first-order valence-electron chi connectivity index (χ1n) is 11.2. The number of hydrogen-bond donors (Lipinski definition) is 5. The molecule has 1 aliphatic heterocycles. The molecule has 0 amide bonds. The van der Waals surface area contributed by atoms with Crippen LogP contribution in [0.2, 0.25) is 0 Å². The Morgan fingerprint density at radius 1 is 1.06 bits per heavy atom. The maximum atomic E-state index is 13.5. The number of fused-ring (bicyclic) bond motifs is 3. The van der Waals surface area contributed by atoms with E-state index in [0.29, 0.717) is 18.4 Å². The molecule has 0 radical (unpaired) electrons. The lowest BCUT2D eigenvalue weighted by molar-refractivity contribution is -0.183. The molecular weight excluding hydrogens is 444 g/mol. The predicted octanol–water partition coefficient (Wildman–Crippen LogP) is 0.815. The van der Waals surface area contributed by atoms with E-state index in [0.717, 1.165) is 12.2 Å². The number of phenolic OH excluding ortho intramolecular Hbond substituents is 1. The van der Waals surface area contributed by atoms with E-state index in [1.165, 1.54) is 19.1 Å². The van der Waals surface area contributed by atoms with Crippen LogP contribution in [0.15, 0.2) is 35.4 Å². The van der Waals surface area contributed by atoms with E-state index in [2.05, 4.69) is 0 Å². The molecule has 34 heavy (non-hydrogen) atoms. The Hall–Kier alpha value is -2.69. The van der Waals surface area contributed by atoms with Gasteiger partial charge >= 0.3 is 0 Å². The lowest BCUT2D eigenvalue weighted by Crippen LogP contribution is -2.69. The van der Waals surface area contributed by atoms with Crippen molar-refractivity contribution < 1.29 is 44.7 Å². The largest absolute Gasteiger partial charge is 0.507 e. The lowest BCUT2D eigenvalue weighted by Gasteiger charge is -2.51. The molecule has 5 N–H and O–H groups in total. The van der Waals surface area contributed by atoms with Gasteiger partial charge in [0.2, 0.25) is 0 Å². The molecule has 3 aliphatic carbocycles. The van der Waals surface area contributed by atoms with Crippen LogP contribution in [0.4, 0.5) is 0 Å². The Morgan fingerprint density at radius 3 is 2.44 bits per heavy atom. The number of Topliss-reactive ketones (excluding diaryl/α,β-unsaturated/α-hetero) is 3. The summed E-state index contributed by atoms with van der Waals surface area (Å²) in [5.41, 5.74) is -7.62. The van der Waals surface area contributed by atoms with Gasteiger partial charge in [-0.2, -0.15) is 0 Å². The minimum Gasteiger partial charge on any atom is -0.507 e. The molecule has 1 heterocycles. The van der Waals surface area contributed by atoms with Gasteiger partial charge in [-0.15, -0.1) is 0 Å². The topological polar surface area (TPSA) is 162 Å². The van der Waals surface area contributed by atoms with Gasteiger partial charge in [0.15, 0.2) is 23.0 Å². The molecule has 2 fully saturated rings. The van der Waals surface area contributed by atoms with Gasteiger partial charge in [0, 0.05) is 29.5 Å². The second-order valence-electron chi connectivity index (χ2n) is 10.1. The quantitative estimate of drug-likeness (QED) is 0.400. The van der Waals surface area contributed by atoms with Crippen molar-refractivity contribution in [2.45, 2.75) is 74.6 Å². The highest BCUT2D eigenvalue weighted by Crippen LogP contribution is 2.51. The Morgan fingerprint density at radius 2 is 1.76 bits per heavy atom. The van der Waals surface area contributed by atoms with Crippen molar-refractivity contribution in [2.24, 2.45) is 0 Å². The number of rotatable bonds is 1. The Balaban J connectivity index is 1.62. The summed E-state index contributed by atoms with van der Waals surface area (Å²) >= 11 is 0. The summed E-state index contributed by atoms with van der Waals surface area (Å²) in [6.45, 7) is 3.04. The van der Waals surface area contributed by atoms with Gasteiger partial charge in [-0.25, -0.2) is 0 Å². The third kappa shape index (κ3) is 2.95. The molecule has 1 saturated carbocycles. The molecule has 0 bridgehead atoms. The van der Waals surface area contributed by atoms with Crippen LogP contribution in [0.25, 0.3) is 0 Å². The van der Waals surface area contributed by atoms with E-state index in [1.54, 1.807) is 6.92 Å². The van der Waals surface area contributed by atoms with E-state index < -0.39 is 76.6 Å². The molecule has 180 valence electrons. The Kier molecular flexibility index (Phi) is 4.86. The summed E-state index contributed by atoms with van der Waals surface area (Å²) in [5, 5.41) is 53.9. The van der Waals surface area contributed by atoms with Crippen molar-refractivity contribution >= 4 is 17.3 Å². The molecule has 0 aromatic heterocycles. The number of aliphatic hydroxyl groups is 4. The highest BCUT2D eigenvalue weighted by Gasteiger charge is 2.66. The van der Waals surface area contributed by atoms with Gasteiger partial charge in [0.25, 0.3) is 0 Å². The first-order valence-corrected chi connectivity index (χ1v) is 11.2. The molecule has 5 rings (SSSR count). The molecule has 1 aromatic carbocycles. The summed E-state index contributed by atoms with van der Waals surface area (Å²) in [7, 11) is 0. The predicted molar refractivity (Wildman–Crippen MR) is 116 cm³/mol. The lowest BCUT2D eigenvalue weighted by atomic mass is 9.57. The SMILES string of the molecule is CC1OC(c2ccc3c(c2O)C(=O)C2=C(C3=O)C3(O)C(=O)CC(C)(O)CC3(O)C=C2)CCC1O. The monoisotopic (exact) mass is 470 g/mol. The van der Waals surface area contributed by atoms with Crippen LogP contribution in [0, 0.1) is 0 Å². The number of benzene rings is 1. The number of aromatic hydroxyl groups is 1. The van der Waals surface area contributed by atoms with Crippen LogP contribution in [0.1, 0.15) is 71.9 Å².